The number of phenolic OH excluding ortho intramolecular Hbond substituents is 1. The van der Waals surface area contributed by atoms with Crippen molar-refractivity contribution in [2.75, 3.05) is 26.7 Å². The third kappa shape index (κ3) is 21.6. The lowest BCUT2D eigenvalue weighted by molar-refractivity contribution is -0.142. The van der Waals surface area contributed by atoms with Gasteiger partial charge in [-0.05, 0) is 73.4 Å². The SMILES string of the molecule is CN=C(N)NCCC[C@H](CC(=O)[C@H](CC(C)C)NC(=O)NCC(=O)[C@H](Cc1ccccc1)NC(=O)[C@@H](CC(=O)[C@H](CC(N)=O)NC(=O)[C@@H]1C[C@H](O)CN1C(=O)[C@@H](Cc1ccc(O)cc1)NC(C)=O)[C@@H](C)O)C(=O)N[C@@H](Cc1c[nH]c2ccccc12)C(N)=O. The molecule has 10 atom stereocenters. The minimum atomic E-state index is -1.71. The number of nitrogens with zero attached hydrogens (tertiary/aromatic N) is 2. The van der Waals surface area contributed by atoms with Gasteiger partial charge in [0.05, 0.1) is 49.2 Å². The number of aromatic amines is 1. The number of ketones is 3. The number of aromatic nitrogens is 1. The summed E-state index contributed by atoms with van der Waals surface area (Å²) in [6, 6.07) is 12.7. The molecule has 88 heavy (non-hydrogen) atoms. The summed E-state index contributed by atoms with van der Waals surface area (Å²) >= 11 is 0. The minimum Gasteiger partial charge on any atom is -0.508 e. The van der Waals surface area contributed by atoms with Crippen LogP contribution >= 0.6 is 0 Å². The number of para-hydroxylation sites is 1. The van der Waals surface area contributed by atoms with Crippen LogP contribution in [0.1, 0.15) is 89.3 Å². The molecule has 0 unspecified atom stereocenters. The highest BCUT2D eigenvalue weighted by Crippen LogP contribution is 2.24. The summed E-state index contributed by atoms with van der Waals surface area (Å²) in [6.07, 6.45) is -2.90. The number of guanidine groups is 1. The smallest absolute Gasteiger partial charge is 0.315 e. The van der Waals surface area contributed by atoms with Crippen molar-refractivity contribution in [2.45, 2.75) is 140 Å². The number of Topliss-reactive ketones (excluding diaryl/α,β-unsaturated/α-hetero) is 3. The molecule has 9 amide bonds. The van der Waals surface area contributed by atoms with Gasteiger partial charge in [0, 0.05) is 82.2 Å². The number of likely N-dealkylation sites (tertiary alicyclic amines) is 1. The predicted octanol–water partition coefficient (Wildman–Crippen LogP) is -0.688. The number of rotatable bonds is 34. The van der Waals surface area contributed by atoms with Crippen molar-refractivity contribution in [1.82, 2.24) is 47.1 Å². The second kappa shape index (κ2) is 33.6. The number of hydrogen-bond acceptors (Lipinski definition) is 15. The molecule has 476 valence electrons. The molecule has 1 aliphatic heterocycles. The first-order chi connectivity index (χ1) is 41.7. The monoisotopic (exact) mass is 1220 g/mol. The number of aliphatic imine (C=N–C) groups is 1. The molecule has 1 aliphatic rings. The van der Waals surface area contributed by atoms with Gasteiger partial charge in [-0.25, -0.2) is 4.79 Å². The molecule has 0 saturated carbocycles. The van der Waals surface area contributed by atoms with Gasteiger partial charge in [-0.15, -0.1) is 0 Å². The second-order valence-corrected chi connectivity index (χ2v) is 22.6. The van der Waals surface area contributed by atoms with Gasteiger partial charge in [0.2, 0.25) is 41.4 Å². The lowest BCUT2D eigenvalue weighted by atomic mass is 9.90. The van der Waals surface area contributed by atoms with E-state index in [9.17, 15) is 68.1 Å². The first-order valence-electron chi connectivity index (χ1n) is 29.1. The highest BCUT2D eigenvalue weighted by molar-refractivity contribution is 6.00. The fourth-order valence-electron chi connectivity index (χ4n) is 10.4. The Bertz CT molecular complexity index is 3130. The maximum absolute atomic E-state index is 14.3. The number of phenols is 1. The summed E-state index contributed by atoms with van der Waals surface area (Å²) in [4.78, 5) is 158. The molecule has 3 aromatic carbocycles. The number of nitrogens with two attached hydrogens (primary N) is 3. The van der Waals surface area contributed by atoms with E-state index < -0.39 is 144 Å². The van der Waals surface area contributed by atoms with Crippen LogP contribution in [0.2, 0.25) is 0 Å². The lowest BCUT2D eigenvalue weighted by Gasteiger charge is -2.30. The van der Waals surface area contributed by atoms with E-state index in [0.29, 0.717) is 17.5 Å². The van der Waals surface area contributed by atoms with Crippen molar-refractivity contribution in [3.8, 4) is 5.75 Å². The van der Waals surface area contributed by atoms with Crippen molar-refractivity contribution in [1.29, 1.82) is 0 Å². The van der Waals surface area contributed by atoms with Gasteiger partial charge in [-0.1, -0.05) is 74.5 Å². The molecule has 17 N–H and O–H groups in total. The van der Waals surface area contributed by atoms with Crippen molar-refractivity contribution in [3.63, 3.8) is 0 Å². The van der Waals surface area contributed by atoms with Gasteiger partial charge >= 0.3 is 6.03 Å². The van der Waals surface area contributed by atoms with Crippen LogP contribution in [-0.4, -0.2) is 171 Å². The Kier molecular flexibility index (Phi) is 26.6. The van der Waals surface area contributed by atoms with Gasteiger partial charge in [0.1, 0.15) is 23.9 Å². The Labute approximate surface area is 509 Å². The van der Waals surface area contributed by atoms with Gasteiger partial charge in [0.15, 0.2) is 23.3 Å². The van der Waals surface area contributed by atoms with Gasteiger partial charge in [-0.3, -0.25) is 52.9 Å². The van der Waals surface area contributed by atoms with Crippen LogP contribution in [0, 0.1) is 17.8 Å². The van der Waals surface area contributed by atoms with Gasteiger partial charge in [0.25, 0.3) is 0 Å². The predicted molar refractivity (Wildman–Crippen MR) is 324 cm³/mol. The molecule has 27 heteroatoms. The van der Waals surface area contributed by atoms with E-state index in [4.69, 9.17) is 17.2 Å². The molecule has 27 nitrogen and oxygen atoms in total. The number of amides is 9. The molecule has 5 rings (SSSR count). The Morgan fingerprint density at radius 2 is 1.33 bits per heavy atom. The van der Waals surface area contributed by atoms with E-state index in [2.05, 4.69) is 47.2 Å². The Hall–Kier alpha value is -9.24. The number of H-pyrrole nitrogens is 1. The van der Waals surface area contributed by atoms with E-state index in [1.54, 1.807) is 36.5 Å². The Balaban J connectivity index is 1.28. The molecule has 2 heterocycles. The fraction of sp³-hybridized carbons (Fsp3) is 0.475. The molecule has 0 spiro atoms. The number of urea groups is 1. The lowest BCUT2D eigenvalue weighted by Crippen LogP contribution is -2.56. The Morgan fingerprint density at radius 1 is 0.693 bits per heavy atom. The van der Waals surface area contributed by atoms with Crippen molar-refractivity contribution < 1.29 is 68.1 Å². The number of primary amides is 2. The van der Waals surface area contributed by atoms with E-state index in [0.717, 1.165) is 21.4 Å². The molecular weight excluding hydrogens is 1140 g/mol. The molecular formula is C61H83N13O14. The number of aliphatic hydroxyl groups is 2. The Morgan fingerprint density at radius 3 is 1.97 bits per heavy atom. The van der Waals surface area contributed by atoms with Crippen LogP contribution < -0.4 is 54.4 Å². The summed E-state index contributed by atoms with van der Waals surface area (Å²) in [7, 11) is 1.50. The zero-order valence-corrected chi connectivity index (χ0v) is 50.1. The van der Waals surface area contributed by atoms with E-state index >= 15 is 0 Å². The maximum atomic E-state index is 14.3. The van der Waals surface area contributed by atoms with Crippen molar-refractivity contribution in [2.24, 2.45) is 39.9 Å². The normalized spacial score (nSPS) is 16.8. The molecule has 0 radical (unpaired) electrons. The number of benzene rings is 3. The maximum Gasteiger partial charge on any atom is 0.315 e. The summed E-state index contributed by atoms with van der Waals surface area (Å²) in [5, 5.41) is 50.6. The van der Waals surface area contributed by atoms with Gasteiger partial charge < -0.3 is 79.6 Å². The highest BCUT2D eigenvalue weighted by Gasteiger charge is 2.43. The first kappa shape index (κ1) is 69.5. The van der Waals surface area contributed by atoms with E-state index in [1.165, 1.54) is 45.2 Å². The number of aromatic hydroxyl groups is 1. The molecule has 4 aromatic rings. The topological polar surface area (TPSA) is 442 Å². The molecule has 1 fully saturated rings. The van der Waals surface area contributed by atoms with Crippen molar-refractivity contribution >= 4 is 81.6 Å². The number of β-amino-alcohol motifs (C(OH)–C–C–N with tert-alkyl or cyclic N) is 1. The van der Waals surface area contributed by atoms with Crippen LogP contribution in [0.3, 0.4) is 0 Å². The molecule has 1 aromatic heterocycles. The highest BCUT2D eigenvalue weighted by atomic mass is 16.3. The molecule has 0 aliphatic carbocycles. The fourth-order valence-corrected chi connectivity index (χ4v) is 10.4. The number of nitrogens with one attached hydrogen (secondary N) is 8. The average molecular weight is 1220 g/mol. The van der Waals surface area contributed by atoms with Crippen LogP contribution in [0.4, 0.5) is 4.79 Å². The summed E-state index contributed by atoms with van der Waals surface area (Å²) in [5.41, 5.74) is 19.8. The summed E-state index contributed by atoms with van der Waals surface area (Å²) in [6.45, 7) is 5.26. The minimum absolute atomic E-state index is 0.0400. The van der Waals surface area contributed by atoms with E-state index in [-0.39, 0.29) is 75.7 Å². The zero-order valence-electron chi connectivity index (χ0n) is 50.1. The van der Waals surface area contributed by atoms with Crippen LogP contribution in [-0.2, 0) is 67.2 Å². The average Bonchev–Trinajstić information content (AvgIpc) is 2.76. The van der Waals surface area contributed by atoms with E-state index in [1.807, 2.05) is 38.1 Å². The van der Waals surface area contributed by atoms with Crippen LogP contribution in [0.25, 0.3) is 10.9 Å². The first-order valence-corrected chi connectivity index (χ1v) is 29.1. The third-order valence-electron chi connectivity index (χ3n) is 15.0. The summed E-state index contributed by atoms with van der Waals surface area (Å²) in [5.74, 6) is -10.7. The zero-order chi connectivity index (χ0) is 64.8. The van der Waals surface area contributed by atoms with Gasteiger partial charge in [-0.2, -0.15) is 0 Å². The third-order valence-corrected chi connectivity index (χ3v) is 15.0. The number of fused-ring (bicyclic) bond motifs is 1. The second-order valence-electron chi connectivity index (χ2n) is 22.6. The number of aliphatic hydroxyl groups excluding tert-OH is 2. The molecule has 0 bridgehead atoms. The summed E-state index contributed by atoms with van der Waals surface area (Å²) < 4.78 is 0. The number of carbonyl (C=O) groups is 11. The van der Waals surface area contributed by atoms with Crippen LogP contribution in [0.15, 0.2) is 90.1 Å². The molecule has 1 saturated heterocycles. The standard InChI is InChI=1S/C61H83N13O14/c1-33(2)22-45(51(79)26-38(14-11-21-66-60(64)65-5)56(84)72-48(55(63)83)25-39-30-67-44-16-10-9-15-42(39)44)73-61(88)68-31-53(81)46(23-36-12-7-6-8-13-36)70-57(85)43(34(3)75)28-52(80)47(29-54(62)82)71-58(86)50-27-41(78)32-74(50)59(87)49(69-35(4)76)24-37-17-19-40(77)20-18-37/h6-10,12-13,15-20,30,33-34,38,41,43,45-50,67,75,77-78H,11,14,21-29,31-32H2,1-5H3,(H2,62,82)(H2,63,83)(H,69,76)(H,70,85)(H,71,86)(H,72,84)(H3,64,65,66)(H2,68,73,88)/t34-,38-,41+,43+,45+,46+,47+,48+,49-,50+/m1/s1. The number of hydrogen-bond donors (Lipinski definition) is 14. The number of carbonyl (C=O) groups excluding carboxylic acids is 11. The quantitative estimate of drug-likeness (QED) is 0.0156. The van der Waals surface area contributed by atoms with Crippen molar-refractivity contribution in [3.05, 3.63) is 102 Å². The largest absolute Gasteiger partial charge is 0.508 e. The van der Waals surface area contributed by atoms with Crippen LogP contribution in [0.5, 0.6) is 5.75 Å².